The molecule has 0 radical (unpaired) electrons. The largest absolute Gasteiger partial charge is 0.376 e. The molecule has 3 unspecified atom stereocenters. The topological polar surface area (TPSA) is 88.9 Å². The standard InChI is InChI=1S/C27H30N6O2/c1-16-10-11-20-14-22(27(34)28-24(20)18(16)3)25(33-17(2)13-19-7-4-5-9-23(19)33)26-29-30-31-32(26)15-21-8-6-12-35-21/h4-5,7,9-11,14,17,21,25H,6,8,12-13,15H2,1-3H3,(H,28,34). The lowest BCUT2D eigenvalue weighted by atomic mass is 9.99. The van der Waals surface area contributed by atoms with Gasteiger partial charge in [-0.15, -0.1) is 5.10 Å². The summed E-state index contributed by atoms with van der Waals surface area (Å²) in [5, 5.41) is 13.9. The fourth-order valence-electron chi connectivity index (χ4n) is 5.66. The highest BCUT2D eigenvalue weighted by Gasteiger charge is 2.38. The third-order valence-electron chi connectivity index (χ3n) is 7.62. The van der Waals surface area contributed by atoms with E-state index < -0.39 is 6.04 Å². The number of ether oxygens (including phenoxy) is 1. The van der Waals surface area contributed by atoms with E-state index in [0.29, 0.717) is 17.9 Å². The summed E-state index contributed by atoms with van der Waals surface area (Å²) in [5.74, 6) is 0.665. The average Bonchev–Trinajstić information content (AvgIpc) is 3.59. The van der Waals surface area contributed by atoms with Crippen LogP contribution in [0.2, 0.25) is 0 Å². The minimum absolute atomic E-state index is 0.0849. The molecule has 0 amide bonds. The first-order chi connectivity index (χ1) is 17.0. The fourth-order valence-corrected chi connectivity index (χ4v) is 5.66. The molecule has 0 bridgehead atoms. The van der Waals surface area contributed by atoms with Gasteiger partial charge in [0.2, 0.25) is 0 Å². The number of tetrazole rings is 1. The van der Waals surface area contributed by atoms with Gasteiger partial charge in [0.1, 0.15) is 6.04 Å². The number of rotatable bonds is 5. The molecule has 4 aromatic rings. The Morgan fingerprint density at radius 3 is 2.89 bits per heavy atom. The molecule has 8 heteroatoms. The summed E-state index contributed by atoms with van der Waals surface area (Å²) in [6.45, 7) is 7.65. The number of aromatic amines is 1. The van der Waals surface area contributed by atoms with E-state index in [-0.39, 0.29) is 17.7 Å². The number of hydrogen-bond donors (Lipinski definition) is 1. The Bertz CT molecular complexity index is 1450. The number of para-hydroxylation sites is 1. The lowest BCUT2D eigenvalue weighted by molar-refractivity contribution is 0.0924. The molecule has 6 rings (SSSR count). The van der Waals surface area contributed by atoms with Gasteiger partial charge in [0.15, 0.2) is 5.82 Å². The summed E-state index contributed by atoms with van der Waals surface area (Å²) in [4.78, 5) is 19.2. The van der Waals surface area contributed by atoms with E-state index in [2.05, 4.69) is 69.6 Å². The van der Waals surface area contributed by atoms with E-state index in [1.807, 2.05) is 23.7 Å². The van der Waals surface area contributed by atoms with Gasteiger partial charge in [-0.25, -0.2) is 4.68 Å². The SMILES string of the molecule is Cc1ccc2cc(C(c3nnnn3CC3CCCO3)N3c4ccccc4CC3C)c(=O)[nH]c2c1C. The van der Waals surface area contributed by atoms with Crippen LogP contribution in [0.5, 0.6) is 0 Å². The maximum absolute atomic E-state index is 13.7. The zero-order valence-corrected chi connectivity index (χ0v) is 20.4. The van der Waals surface area contributed by atoms with Crippen LogP contribution in [0.3, 0.4) is 0 Å². The second kappa shape index (κ2) is 8.61. The van der Waals surface area contributed by atoms with E-state index in [9.17, 15) is 4.79 Å². The summed E-state index contributed by atoms with van der Waals surface area (Å²) >= 11 is 0. The van der Waals surface area contributed by atoms with Gasteiger partial charge in [-0.3, -0.25) is 4.79 Å². The Hall–Kier alpha value is -3.52. The van der Waals surface area contributed by atoms with E-state index in [1.54, 1.807) is 0 Å². The first kappa shape index (κ1) is 22.0. The summed E-state index contributed by atoms with van der Waals surface area (Å²) in [7, 11) is 0. The number of fused-ring (bicyclic) bond motifs is 2. The van der Waals surface area contributed by atoms with Crippen molar-refractivity contribution < 1.29 is 4.74 Å². The lowest BCUT2D eigenvalue weighted by Crippen LogP contribution is -2.39. The highest BCUT2D eigenvalue weighted by atomic mass is 16.5. The molecule has 2 aromatic carbocycles. The summed E-state index contributed by atoms with van der Waals surface area (Å²) in [6, 6.07) is 14.4. The summed E-state index contributed by atoms with van der Waals surface area (Å²) < 4.78 is 7.71. The van der Waals surface area contributed by atoms with Crippen molar-refractivity contribution in [1.82, 2.24) is 25.2 Å². The van der Waals surface area contributed by atoms with Gasteiger partial charge in [-0.2, -0.15) is 0 Å². The Balaban J connectivity index is 1.54. The van der Waals surface area contributed by atoms with Crippen LogP contribution in [0.4, 0.5) is 5.69 Å². The Labute approximate surface area is 203 Å². The number of anilines is 1. The molecule has 4 heterocycles. The van der Waals surface area contributed by atoms with E-state index in [1.165, 1.54) is 5.56 Å². The van der Waals surface area contributed by atoms with E-state index >= 15 is 0 Å². The molecular weight excluding hydrogens is 440 g/mol. The number of pyridine rings is 1. The summed E-state index contributed by atoms with van der Waals surface area (Å²) in [5.41, 5.74) is 6.05. The number of hydrogen-bond acceptors (Lipinski definition) is 6. The number of benzene rings is 2. The molecule has 180 valence electrons. The Kier molecular flexibility index (Phi) is 5.40. The molecule has 2 aromatic heterocycles. The first-order valence-electron chi connectivity index (χ1n) is 12.4. The molecule has 2 aliphatic rings. The number of nitrogens with one attached hydrogen (secondary N) is 1. The van der Waals surface area contributed by atoms with E-state index in [0.717, 1.165) is 53.6 Å². The van der Waals surface area contributed by atoms with Crippen LogP contribution in [-0.2, 0) is 17.7 Å². The minimum Gasteiger partial charge on any atom is -0.376 e. The smallest absolute Gasteiger partial charge is 0.254 e. The number of aromatic nitrogens is 5. The Morgan fingerprint density at radius 2 is 2.06 bits per heavy atom. The molecule has 35 heavy (non-hydrogen) atoms. The van der Waals surface area contributed by atoms with Crippen LogP contribution >= 0.6 is 0 Å². The number of H-pyrrole nitrogens is 1. The molecule has 0 spiro atoms. The van der Waals surface area contributed by atoms with Gasteiger partial charge in [-0.05, 0) is 84.7 Å². The summed E-state index contributed by atoms with van der Waals surface area (Å²) in [6.07, 6.45) is 3.03. The monoisotopic (exact) mass is 470 g/mol. The van der Waals surface area contributed by atoms with Gasteiger partial charge in [0.25, 0.3) is 5.56 Å². The minimum atomic E-state index is -0.431. The lowest BCUT2D eigenvalue weighted by Gasteiger charge is -2.33. The van der Waals surface area contributed by atoms with Crippen LogP contribution in [0.25, 0.3) is 10.9 Å². The Morgan fingerprint density at radius 1 is 1.20 bits per heavy atom. The number of nitrogens with zero attached hydrogens (tertiary/aromatic N) is 5. The van der Waals surface area contributed by atoms with Gasteiger partial charge in [0, 0.05) is 23.9 Å². The molecular formula is C27H30N6O2. The predicted molar refractivity (Wildman–Crippen MR) is 135 cm³/mol. The van der Waals surface area contributed by atoms with Crippen molar-refractivity contribution in [3.63, 3.8) is 0 Å². The van der Waals surface area contributed by atoms with Gasteiger partial charge < -0.3 is 14.6 Å². The third-order valence-corrected chi connectivity index (χ3v) is 7.62. The second-order valence-corrected chi connectivity index (χ2v) is 9.87. The van der Waals surface area contributed by atoms with Crippen molar-refractivity contribution in [2.75, 3.05) is 11.5 Å². The van der Waals surface area contributed by atoms with Crippen molar-refractivity contribution in [3.8, 4) is 0 Å². The molecule has 2 aliphatic heterocycles. The molecule has 3 atom stereocenters. The van der Waals surface area contributed by atoms with Crippen molar-refractivity contribution in [2.45, 2.75) is 64.8 Å². The van der Waals surface area contributed by atoms with Crippen molar-refractivity contribution in [2.24, 2.45) is 0 Å². The molecule has 0 aliphatic carbocycles. The first-order valence-corrected chi connectivity index (χ1v) is 12.4. The van der Waals surface area contributed by atoms with Gasteiger partial charge >= 0.3 is 0 Å². The second-order valence-electron chi connectivity index (χ2n) is 9.87. The maximum Gasteiger partial charge on any atom is 0.254 e. The molecule has 1 N–H and O–H groups in total. The van der Waals surface area contributed by atoms with Crippen molar-refractivity contribution in [1.29, 1.82) is 0 Å². The zero-order valence-electron chi connectivity index (χ0n) is 20.4. The van der Waals surface area contributed by atoms with Crippen molar-refractivity contribution >= 4 is 16.6 Å². The fraction of sp³-hybridized carbons (Fsp3) is 0.407. The van der Waals surface area contributed by atoms with Crippen LogP contribution in [0.1, 0.15) is 53.9 Å². The highest BCUT2D eigenvalue weighted by molar-refractivity contribution is 5.83. The predicted octanol–water partition coefficient (Wildman–Crippen LogP) is 3.85. The molecule has 8 nitrogen and oxygen atoms in total. The average molecular weight is 471 g/mol. The molecule has 1 fully saturated rings. The normalized spacial score (nSPS) is 20.5. The van der Waals surface area contributed by atoms with Gasteiger partial charge in [-0.1, -0.05) is 30.3 Å². The highest BCUT2D eigenvalue weighted by Crippen LogP contribution is 2.40. The maximum atomic E-state index is 13.7. The quantitative estimate of drug-likeness (QED) is 0.477. The number of aryl methyl sites for hydroxylation is 2. The third kappa shape index (κ3) is 3.72. The zero-order chi connectivity index (χ0) is 24.1. The van der Waals surface area contributed by atoms with Gasteiger partial charge in [0.05, 0.1) is 18.2 Å². The van der Waals surface area contributed by atoms with Crippen LogP contribution < -0.4 is 10.5 Å². The molecule has 0 saturated carbocycles. The van der Waals surface area contributed by atoms with Crippen molar-refractivity contribution in [3.05, 3.63) is 80.9 Å². The molecule has 1 saturated heterocycles. The van der Waals surface area contributed by atoms with Crippen LogP contribution in [-0.4, -0.2) is 43.9 Å². The van der Waals surface area contributed by atoms with E-state index in [4.69, 9.17) is 4.74 Å². The van der Waals surface area contributed by atoms with Crippen LogP contribution in [0.15, 0.2) is 47.3 Å². The van der Waals surface area contributed by atoms with Crippen LogP contribution in [0, 0.1) is 13.8 Å².